The van der Waals surface area contributed by atoms with Crippen LogP contribution in [-0.2, 0) is 6.42 Å². The minimum atomic E-state index is -0.380. The number of amides is 1. The number of halogens is 2. The van der Waals surface area contributed by atoms with Crippen molar-refractivity contribution in [3.8, 4) is 5.69 Å². The number of carbonyl (C=O) groups excluding carboxylic acids is 1. The van der Waals surface area contributed by atoms with Gasteiger partial charge in [0, 0.05) is 32.1 Å². The SMILES string of the molecule is CCCc1nc(C(=O)N2CCNC(C)C2)nn1-c1ccccc1F.Cl. The van der Waals surface area contributed by atoms with Crippen LogP contribution < -0.4 is 5.32 Å². The standard InChI is InChI=1S/C17H22FN5O.ClH/c1-3-6-15-20-16(17(24)22-10-9-19-12(2)11-22)21-23(15)14-8-5-4-7-13(14)18;/h4-5,7-8,12,19H,3,6,9-11H2,1-2H3;1H. The zero-order chi connectivity index (χ0) is 17.1. The second-order valence-corrected chi connectivity index (χ2v) is 6.07. The van der Waals surface area contributed by atoms with E-state index in [4.69, 9.17) is 0 Å². The number of nitrogens with one attached hydrogen (secondary N) is 1. The maximum absolute atomic E-state index is 14.1. The molecule has 1 fully saturated rings. The van der Waals surface area contributed by atoms with Crippen LogP contribution in [0.15, 0.2) is 24.3 Å². The Morgan fingerprint density at radius 3 is 2.84 bits per heavy atom. The van der Waals surface area contributed by atoms with Crippen molar-refractivity contribution < 1.29 is 9.18 Å². The minimum Gasteiger partial charge on any atom is -0.333 e. The molecule has 2 aromatic rings. The van der Waals surface area contributed by atoms with Crippen molar-refractivity contribution in [3.05, 3.63) is 41.7 Å². The lowest BCUT2D eigenvalue weighted by atomic mass is 10.2. The number of para-hydroxylation sites is 1. The van der Waals surface area contributed by atoms with E-state index in [1.54, 1.807) is 23.1 Å². The van der Waals surface area contributed by atoms with Crippen molar-refractivity contribution in [2.75, 3.05) is 19.6 Å². The van der Waals surface area contributed by atoms with Gasteiger partial charge in [-0.1, -0.05) is 19.1 Å². The summed E-state index contributed by atoms with van der Waals surface area (Å²) in [6.45, 7) is 6.05. The highest BCUT2D eigenvalue weighted by molar-refractivity contribution is 5.90. The number of nitrogens with zero attached hydrogens (tertiary/aromatic N) is 4. The molecule has 0 radical (unpaired) electrons. The first-order valence-corrected chi connectivity index (χ1v) is 8.33. The monoisotopic (exact) mass is 367 g/mol. The summed E-state index contributed by atoms with van der Waals surface area (Å²) >= 11 is 0. The quantitative estimate of drug-likeness (QED) is 0.900. The summed E-state index contributed by atoms with van der Waals surface area (Å²) in [5.41, 5.74) is 0.321. The van der Waals surface area contributed by atoms with Gasteiger partial charge in [0.1, 0.15) is 17.3 Å². The molecule has 1 aromatic heterocycles. The van der Waals surface area contributed by atoms with Crippen molar-refractivity contribution >= 4 is 18.3 Å². The van der Waals surface area contributed by atoms with Gasteiger partial charge in [-0.05, 0) is 25.5 Å². The molecule has 1 amide bonds. The van der Waals surface area contributed by atoms with E-state index in [1.807, 2.05) is 13.8 Å². The van der Waals surface area contributed by atoms with Gasteiger partial charge in [-0.25, -0.2) is 14.1 Å². The van der Waals surface area contributed by atoms with Gasteiger partial charge in [0.15, 0.2) is 0 Å². The third kappa shape index (κ3) is 4.16. The predicted molar refractivity (Wildman–Crippen MR) is 95.9 cm³/mol. The van der Waals surface area contributed by atoms with Crippen LogP contribution in [0.3, 0.4) is 0 Å². The normalized spacial score (nSPS) is 17.2. The van der Waals surface area contributed by atoms with Crippen molar-refractivity contribution in [1.29, 1.82) is 0 Å². The molecule has 25 heavy (non-hydrogen) atoms. The minimum absolute atomic E-state index is 0. The van der Waals surface area contributed by atoms with Gasteiger partial charge in [-0.3, -0.25) is 4.79 Å². The highest BCUT2D eigenvalue weighted by atomic mass is 35.5. The summed E-state index contributed by atoms with van der Waals surface area (Å²) in [5, 5.41) is 7.61. The average molecular weight is 368 g/mol. The van der Waals surface area contributed by atoms with Crippen molar-refractivity contribution in [1.82, 2.24) is 25.0 Å². The summed E-state index contributed by atoms with van der Waals surface area (Å²) in [7, 11) is 0. The first kappa shape index (κ1) is 19.3. The molecular weight excluding hydrogens is 345 g/mol. The summed E-state index contributed by atoms with van der Waals surface area (Å²) in [5.74, 6) is 0.162. The van der Waals surface area contributed by atoms with Gasteiger partial charge >= 0.3 is 0 Å². The summed E-state index contributed by atoms with van der Waals surface area (Å²) in [4.78, 5) is 18.8. The van der Waals surface area contributed by atoms with Gasteiger partial charge in [-0.2, -0.15) is 0 Å². The van der Waals surface area contributed by atoms with Crippen LogP contribution in [0.2, 0.25) is 0 Å². The first-order valence-electron chi connectivity index (χ1n) is 8.33. The Hall–Kier alpha value is -1.99. The molecule has 1 atom stereocenters. The molecule has 8 heteroatoms. The number of rotatable bonds is 4. The van der Waals surface area contributed by atoms with Crippen LogP contribution in [-0.4, -0.2) is 51.2 Å². The van der Waals surface area contributed by atoms with Crippen LogP contribution in [0.1, 0.15) is 36.7 Å². The van der Waals surface area contributed by atoms with Crippen LogP contribution in [0, 0.1) is 5.82 Å². The van der Waals surface area contributed by atoms with Gasteiger partial charge < -0.3 is 10.2 Å². The van der Waals surface area contributed by atoms with E-state index in [-0.39, 0.29) is 36.0 Å². The van der Waals surface area contributed by atoms with Crippen LogP contribution >= 0.6 is 12.4 Å². The van der Waals surface area contributed by atoms with E-state index in [0.717, 1.165) is 13.0 Å². The van der Waals surface area contributed by atoms with E-state index < -0.39 is 0 Å². The molecule has 0 bridgehead atoms. The van der Waals surface area contributed by atoms with Gasteiger partial charge in [-0.15, -0.1) is 17.5 Å². The molecule has 3 rings (SSSR count). The number of carbonyl (C=O) groups is 1. The topological polar surface area (TPSA) is 63.1 Å². The number of aromatic nitrogens is 3. The Labute approximate surface area is 152 Å². The Morgan fingerprint density at radius 2 is 2.16 bits per heavy atom. The zero-order valence-electron chi connectivity index (χ0n) is 14.4. The van der Waals surface area contributed by atoms with Crippen LogP contribution in [0.5, 0.6) is 0 Å². The predicted octanol–water partition coefficient (Wildman–Crippen LogP) is 2.21. The largest absolute Gasteiger partial charge is 0.333 e. The summed E-state index contributed by atoms with van der Waals surface area (Å²) in [6, 6.07) is 6.64. The third-order valence-electron chi connectivity index (χ3n) is 4.08. The molecule has 1 aliphatic heterocycles. The molecular formula is C17H23ClFN5O. The molecule has 1 unspecified atom stereocenters. The van der Waals surface area contributed by atoms with Crippen molar-refractivity contribution in [2.24, 2.45) is 0 Å². The number of hydrogen-bond donors (Lipinski definition) is 1. The fourth-order valence-corrected chi connectivity index (χ4v) is 2.90. The third-order valence-corrected chi connectivity index (χ3v) is 4.08. The van der Waals surface area contributed by atoms with Crippen molar-refractivity contribution in [2.45, 2.75) is 32.7 Å². The lowest BCUT2D eigenvalue weighted by Gasteiger charge is -2.31. The zero-order valence-corrected chi connectivity index (χ0v) is 15.2. The van der Waals surface area contributed by atoms with E-state index >= 15 is 0 Å². The number of aryl methyl sites for hydroxylation is 1. The van der Waals surface area contributed by atoms with E-state index in [2.05, 4.69) is 15.4 Å². The number of piperazine rings is 1. The molecule has 136 valence electrons. The molecule has 1 N–H and O–H groups in total. The van der Waals surface area contributed by atoms with Gasteiger partial charge in [0.25, 0.3) is 5.91 Å². The average Bonchev–Trinajstić information content (AvgIpc) is 2.99. The Kier molecular flexibility index (Phi) is 6.50. The number of hydrogen-bond acceptors (Lipinski definition) is 4. The molecule has 2 heterocycles. The second kappa shape index (κ2) is 8.40. The van der Waals surface area contributed by atoms with Crippen molar-refractivity contribution in [3.63, 3.8) is 0 Å². The van der Waals surface area contributed by atoms with Gasteiger partial charge in [0.05, 0.1) is 0 Å². The summed E-state index contributed by atoms with van der Waals surface area (Å²) < 4.78 is 15.6. The first-order chi connectivity index (χ1) is 11.6. The Morgan fingerprint density at radius 1 is 1.40 bits per heavy atom. The molecule has 1 aliphatic rings. The van der Waals surface area contributed by atoms with Crippen LogP contribution in [0.25, 0.3) is 5.69 Å². The molecule has 0 spiro atoms. The van der Waals surface area contributed by atoms with Crippen LogP contribution in [0.4, 0.5) is 4.39 Å². The molecule has 0 saturated carbocycles. The Balaban J connectivity index is 0.00000225. The maximum Gasteiger partial charge on any atom is 0.293 e. The van der Waals surface area contributed by atoms with E-state index in [0.29, 0.717) is 31.0 Å². The van der Waals surface area contributed by atoms with E-state index in [9.17, 15) is 9.18 Å². The maximum atomic E-state index is 14.1. The van der Waals surface area contributed by atoms with E-state index in [1.165, 1.54) is 10.7 Å². The highest BCUT2D eigenvalue weighted by Gasteiger charge is 2.26. The second-order valence-electron chi connectivity index (χ2n) is 6.07. The number of benzene rings is 1. The molecule has 1 saturated heterocycles. The molecule has 0 aliphatic carbocycles. The lowest BCUT2D eigenvalue weighted by Crippen LogP contribution is -2.51. The molecule has 6 nitrogen and oxygen atoms in total. The van der Waals surface area contributed by atoms with Gasteiger partial charge in [0.2, 0.25) is 5.82 Å². The summed E-state index contributed by atoms with van der Waals surface area (Å²) in [6.07, 6.45) is 1.47. The fraction of sp³-hybridized carbons (Fsp3) is 0.471. The lowest BCUT2D eigenvalue weighted by molar-refractivity contribution is 0.0696. The molecule has 1 aromatic carbocycles. The Bertz CT molecular complexity index is 736. The fourth-order valence-electron chi connectivity index (χ4n) is 2.90. The highest BCUT2D eigenvalue weighted by Crippen LogP contribution is 2.16. The smallest absolute Gasteiger partial charge is 0.293 e.